The summed E-state index contributed by atoms with van der Waals surface area (Å²) in [6, 6.07) is 0. The molecule has 1 aromatic heterocycles. The zero-order chi connectivity index (χ0) is 12.8. The fourth-order valence-electron chi connectivity index (χ4n) is 1.06. The van der Waals surface area contributed by atoms with Gasteiger partial charge in [-0.15, -0.1) is 0 Å². The molecule has 0 fully saturated rings. The molecule has 0 spiro atoms. The van der Waals surface area contributed by atoms with Crippen LogP contribution in [0.15, 0.2) is 17.4 Å². The first-order chi connectivity index (χ1) is 8.08. The van der Waals surface area contributed by atoms with Gasteiger partial charge < -0.3 is 9.84 Å². The average Bonchev–Trinajstić information content (AvgIpc) is 2.34. The molecule has 0 amide bonds. The van der Waals surface area contributed by atoms with Crippen LogP contribution in [0.4, 0.5) is 0 Å². The molecule has 17 heavy (non-hydrogen) atoms. The molecule has 1 N–H and O–H groups in total. The molecule has 92 valence electrons. The third kappa shape index (κ3) is 3.70. The van der Waals surface area contributed by atoms with E-state index in [1.165, 1.54) is 19.5 Å². The molecule has 0 aliphatic rings. The number of carboxylic acids is 1. The Morgan fingerprint density at radius 3 is 2.76 bits per heavy atom. The topological polar surface area (TPSA) is 89.4 Å². The van der Waals surface area contributed by atoms with Gasteiger partial charge in [0.2, 0.25) is 0 Å². The van der Waals surface area contributed by atoms with Crippen LogP contribution in [0.1, 0.15) is 23.8 Å². The number of hydrogen-bond donors (Lipinski definition) is 1. The molecule has 0 bridgehead atoms. The molecule has 1 atom stereocenters. The van der Waals surface area contributed by atoms with E-state index in [0.717, 1.165) is 11.8 Å². The minimum Gasteiger partial charge on any atom is -0.480 e. The largest absolute Gasteiger partial charge is 0.480 e. The maximum absolute atomic E-state index is 11.2. The number of methoxy groups -OCH3 is 1. The van der Waals surface area contributed by atoms with E-state index >= 15 is 0 Å². The molecule has 0 aliphatic carbocycles. The smallest absolute Gasteiger partial charge is 0.358 e. The summed E-state index contributed by atoms with van der Waals surface area (Å²) >= 11 is 1.06. The van der Waals surface area contributed by atoms with Crippen LogP contribution in [0.3, 0.4) is 0 Å². The Kier molecular flexibility index (Phi) is 4.89. The van der Waals surface area contributed by atoms with E-state index in [2.05, 4.69) is 14.7 Å². The predicted molar refractivity (Wildman–Crippen MR) is 60.9 cm³/mol. The molecule has 1 rings (SSSR count). The summed E-state index contributed by atoms with van der Waals surface area (Å²) in [5, 5.41) is 8.69. The summed E-state index contributed by atoms with van der Waals surface area (Å²) in [5.41, 5.74) is 0.0674. The standard InChI is InChI=1S/C10H12N2O4S/c1-3-7(9(13)14)17-8-5-11-4-6(12-8)10(15)16-2/h4-5,7H,3H2,1-2H3,(H,13,14). The number of hydrogen-bond acceptors (Lipinski definition) is 6. The Balaban J connectivity index is 2.85. The van der Waals surface area contributed by atoms with Crippen molar-refractivity contribution in [1.29, 1.82) is 0 Å². The van der Waals surface area contributed by atoms with Crippen molar-refractivity contribution < 1.29 is 19.4 Å². The highest BCUT2D eigenvalue weighted by atomic mass is 32.2. The molecule has 7 heteroatoms. The Hall–Kier alpha value is -1.63. The molecule has 0 saturated carbocycles. The molecule has 1 heterocycles. The fourth-order valence-corrected chi connectivity index (χ4v) is 1.89. The van der Waals surface area contributed by atoms with Crippen LogP contribution in [-0.2, 0) is 9.53 Å². The summed E-state index contributed by atoms with van der Waals surface area (Å²) in [4.78, 5) is 29.9. The lowest BCUT2D eigenvalue weighted by Gasteiger charge is -2.08. The number of esters is 1. The number of nitrogens with zero attached hydrogens (tertiary/aromatic N) is 2. The van der Waals surface area contributed by atoms with Crippen LogP contribution in [0.2, 0.25) is 0 Å². The second-order valence-corrected chi connectivity index (χ2v) is 4.31. The fraction of sp³-hybridized carbons (Fsp3) is 0.400. The molecule has 0 aromatic carbocycles. The lowest BCUT2D eigenvalue weighted by atomic mass is 10.3. The van der Waals surface area contributed by atoms with Crippen LogP contribution in [0.5, 0.6) is 0 Å². The molecule has 1 aromatic rings. The van der Waals surface area contributed by atoms with Crippen LogP contribution in [0, 0.1) is 0 Å². The Morgan fingerprint density at radius 1 is 1.53 bits per heavy atom. The Bertz CT molecular complexity index is 425. The van der Waals surface area contributed by atoms with Crippen molar-refractivity contribution in [3.05, 3.63) is 18.1 Å². The predicted octanol–water partition coefficient (Wildman–Crippen LogP) is 1.22. The average molecular weight is 256 g/mol. The number of ether oxygens (including phenoxy) is 1. The van der Waals surface area contributed by atoms with Gasteiger partial charge in [0.05, 0.1) is 19.5 Å². The van der Waals surface area contributed by atoms with E-state index in [1.54, 1.807) is 6.92 Å². The molecule has 6 nitrogen and oxygen atoms in total. The first-order valence-corrected chi connectivity index (χ1v) is 5.76. The van der Waals surface area contributed by atoms with Gasteiger partial charge in [0.1, 0.15) is 10.3 Å². The van der Waals surface area contributed by atoms with Gasteiger partial charge in [0.25, 0.3) is 0 Å². The lowest BCUT2D eigenvalue weighted by molar-refractivity contribution is -0.136. The number of thioether (sulfide) groups is 1. The summed E-state index contributed by atoms with van der Waals surface area (Å²) in [7, 11) is 1.25. The number of carbonyl (C=O) groups excluding carboxylic acids is 1. The minimum atomic E-state index is -0.914. The van der Waals surface area contributed by atoms with Crippen LogP contribution < -0.4 is 0 Å². The first-order valence-electron chi connectivity index (χ1n) is 4.88. The third-order valence-corrected chi connectivity index (χ3v) is 3.17. The second kappa shape index (κ2) is 6.19. The number of aromatic nitrogens is 2. The van der Waals surface area contributed by atoms with E-state index < -0.39 is 17.2 Å². The SMILES string of the molecule is CCC(Sc1cncc(C(=O)OC)n1)C(=O)O. The number of carbonyl (C=O) groups is 2. The van der Waals surface area contributed by atoms with Crippen molar-refractivity contribution in [1.82, 2.24) is 9.97 Å². The lowest BCUT2D eigenvalue weighted by Crippen LogP contribution is -2.15. The van der Waals surface area contributed by atoms with Crippen LogP contribution >= 0.6 is 11.8 Å². The van der Waals surface area contributed by atoms with E-state index in [0.29, 0.717) is 11.4 Å². The van der Waals surface area contributed by atoms with Gasteiger partial charge in [0, 0.05) is 0 Å². The highest BCUT2D eigenvalue weighted by Gasteiger charge is 2.18. The maximum Gasteiger partial charge on any atom is 0.358 e. The number of rotatable bonds is 5. The highest BCUT2D eigenvalue weighted by molar-refractivity contribution is 8.00. The Labute approximate surface area is 102 Å². The molecule has 0 radical (unpaired) electrons. The van der Waals surface area contributed by atoms with Crippen LogP contribution in [0.25, 0.3) is 0 Å². The second-order valence-electron chi connectivity index (χ2n) is 3.09. The normalized spacial score (nSPS) is 11.9. The number of carboxylic acid groups (broad SMARTS) is 1. The van der Waals surface area contributed by atoms with Crippen molar-refractivity contribution in [3.63, 3.8) is 0 Å². The van der Waals surface area contributed by atoms with Crippen LogP contribution in [-0.4, -0.2) is 39.4 Å². The van der Waals surface area contributed by atoms with Crippen molar-refractivity contribution in [3.8, 4) is 0 Å². The summed E-state index contributed by atoms with van der Waals surface area (Å²) in [6.45, 7) is 1.77. The molecular weight excluding hydrogens is 244 g/mol. The zero-order valence-corrected chi connectivity index (χ0v) is 10.2. The van der Waals surface area contributed by atoms with Crippen molar-refractivity contribution >= 4 is 23.7 Å². The zero-order valence-electron chi connectivity index (χ0n) is 9.41. The summed E-state index contributed by atoms with van der Waals surface area (Å²) in [5.74, 6) is -1.51. The minimum absolute atomic E-state index is 0.0674. The van der Waals surface area contributed by atoms with Crippen molar-refractivity contribution in [2.45, 2.75) is 23.6 Å². The van der Waals surface area contributed by atoms with Gasteiger partial charge in [-0.1, -0.05) is 18.7 Å². The maximum atomic E-state index is 11.2. The van der Waals surface area contributed by atoms with Gasteiger partial charge in [-0.05, 0) is 6.42 Å². The quantitative estimate of drug-likeness (QED) is 0.625. The van der Waals surface area contributed by atoms with E-state index in [9.17, 15) is 9.59 Å². The van der Waals surface area contributed by atoms with Crippen molar-refractivity contribution in [2.75, 3.05) is 7.11 Å². The highest BCUT2D eigenvalue weighted by Crippen LogP contribution is 2.23. The monoisotopic (exact) mass is 256 g/mol. The van der Waals surface area contributed by atoms with E-state index in [4.69, 9.17) is 5.11 Å². The molecular formula is C10H12N2O4S. The first kappa shape index (κ1) is 13.4. The van der Waals surface area contributed by atoms with Crippen molar-refractivity contribution in [2.24, 2.45) is 0 Å². The van der Waals surface area contributed by atoms with Gasteiger partial charge in [0.15, 0.2) is 5.69 Å². The third-order valence-electron chi connectivity index (χ3n) is 1.92. The van der Waals surface area contributed by atoms with E-state index in [1.807, 2.05) is 0 Å². The molecule has 0 saturated heterocycles. The molecule has 1 unspecified atom stereocenters. The molecule has 0 aliphatic heterocycles. The van der Waals surface area contributed by atoms with Gasteiger partial charge in [-0.25, -0.2) is 9.78 Å². The Morgan fingerprint density at radius 2 is 2.24 bits per heavy atom. The summed E-state index contributed by atoms with van der Waals surface area (Å²) in [6.07, 6.45) is 3.16. The summed E-state index contributed by atoms with van der Waals surface area (Å²) < 4.78 is 4.50. The number of aliphatic carboxylic acids is 1. The van der Waals surface area contributed by atoms with Gasteiger partial charge in [-0.3, -0.25) is 9.78 Å². The van der Waals surface area contributed by atoms with Gasteiger partial charge in [-0.2, -0.15) is 0 Å². The van der Waals surface area contributed by atoms with E-state index in [-0.39, 0.29) is 5.69 Å². The van der Waals surface area contributed by atoms with Gasteiger partial charge >= 0.3 is 11.9 Å².